The lowest BCUT2D eigenvalue weighted by atomic mass is 10.1. The summed E-state index contributed by atoms with van der Waals surface area (Å²) in [5, 5.41) is 4.45. The monoisotopic (exact) mass is 241 g/mol. The highest BCUT2D eigenvalue weighted by Gasteiger charge is 2.02. The van der Waals surface area contributed by atoms with Crippen molar-refractivity contribution in [3.63, 3.8) is 0 Å². The van der Waals surface area contributed by atoms with Gasteiger partial charge in [-0.05, 0) is 29.0 Å². The maximum atomic E-state index is 5.21. The van der Waals surface area contributed by atoms with Gasteiger partial charge in [-0.2, -0.15) is 0 Å². The molecule has 0 saturated heterocycles. The van der Waals surface area contributed by atoms with Crippen LogP contribution >= 0.6 is 11.3 Å². The highest BCUT2D eigenvalue weighted by atomic mass is 32.1. The smallest absolute Gasteiger partial charge is 0.119 e. The molecule has 0 radical (unpaired) electrons. The molecule has 3 heteroatoms. The molecule has 0 atom stereocenters. The van der Waals surface area contributed by atoms with Crippen LogP contribution in [0.1, 0.15) is 0 Å². The number of methoxy groups -OCH3 is 1. The summed E-state index contributed by atoms with van der Waals surface area (Å²) in [4.78, 5) is 4.32. The second-order valence-electron chi connectivity index (χ2n) is 3.80. The van der Waals surface area contributed by atoms with E-state index in [2.05, 4.69) is 34.6 Å². The summed E-state index contributed by atoms with van der Waals surface area (Å²) in [6.07, 6.45) is 0. The van der Waals surface area contributed by atoms with Gasteiger partial charge in [0.05, 0.1) is 18.3 Å². The Morgan fingerprint density at radius 3 is 2.65 bits per heavy atom. The molecule has 0 unspecified atom stereocenters. The molecule has 1 aromatic heterocycles. The molecule has 2 aromatic carbocycles. The van der Waals surface area contributed by atoms with Crippen LogP contribution in [0.4, 0.5) is 0 Å². The van der Waals surface area contributed by atoms with E-state index in [1.165, 1.54) is 10.8 Å². The number of benzene rings is 2. The van der Waals surface area contributed by atoms with Gasteiger partial charge in [-0.25, -0.2) is 4.98 Å². The Morgan fingerprint density at radius 2 is 1.88 bits per heavy atom. The van der Waals surface area contributed by atoms with Crippen molar-refractivity contribution >= 4 is 22.1 Å². The average Bonchev–Trinajstić information content (AvgIpc) is 2.91. The van der Waals surface area contributed by atoms with E-state index < -0.39 is 0 Å². The first kappa shape index (κ1) is 10.3. The van der Waals surface area contributed by atoms with Crippen LogP contribution in [0, 0.1) is 0 Å². The minimum Gasteiger partial charge on any atom is -0.497 e. The molecular weight excluding hydrogens is 230 g/mol. The minimum atomic E-state index is 0.888. The largest absolute Gasteiger partial charge is 0.497 e. The van der Waals surface area contributed by atoms with E-state index in [-0.39, 0.29) is 0 Å². The van der Waals surface area contributed by atoms with Gasteiger partial charge in [0.1, 0.15) is 5.75 Å². The van der Waals surface area contributed by atoms with E-state index in [9.17, 15) is 0 Å². The van der Waals surface area contributed by atoms with Crippen molar-refractivity contribution in [2.45, 2.75) is 0 Å². The number of thiazole rings is 1. The molecule has 0 aliphatic heterocycles. The Balaban J connectivity index is 2.14. The maximum absolute atomic E-state index is 5.21. The van der Waals surface area contributed by atoms with Gasteiger partial charge in [-0.3, -0.25) is 0 Å². The molecule has 0 saturated carbocycles. The van der Waals surface area contributed by atoms with Gasteiger partial charge in [-0.1, -0.05) is 18.2 Å². The highest BCUT2D eigenvalue weighted by Crippen LogP contribution is 2.26. The van der Waals surface area contributed by atoms with Gasteiger partial charge in [-0.15, -0.1) is 11.3 Å². The van der Waals surface area contributed by atoms with Crippen molar-refractivity contribution in [1.29, 1.82) is 0 Å². The van der Waals surface area contributed by atoms with Gasteiger partial charge < -0.3 is 4.74 Å². The third kappa shape index (κ3) is 1.89. The molecule has 0 amide bonds. The highest BCUT2D eigenvalue weighted by molar-refractivity contribution is 7.07. The van der Waals surface area contributed by atoms with Crippen LogP contribution in [-0.4, -0.2) is 12.1 Å². The van der Waals surface area contributed by atoms with Crippen LogP contribution < -0.4 is 4.74 Å². The normalized spacial score (nSPS) is 10.6. The summed E-state index contributed by atoms with van der Waals surface area (Å²) >= 11 is 1.61. The third-order valence-corrected chi connectivity index (χ3v) is 3.36. The second-order valence-corrected chi connectivity index (χ2v) is 4.52. The predicted molar refractivity (Wildman–Crippen MR) is 71.6 cm³/mol. The molecule has 0 spiro atoms. The lowest BCUT2D eigenvalue weighted by Crippen LogP contribution is -1.83. The van der Waals surface area contributed by atoms with Crippen molar-refractivity contribution in [2.75, 3.05) is 7.11 Å². The Labute approximate surface area is 104 Å². The third-order valence-electron chi connectivity index (χ3n) is 2.78. The first-order valence-corrected chi connectivity index (χ1v) is 6.27. The average molecular weight is 241 g/mol. The van der Waals surface area contributed by atoms with Crippen LogP contribution in [0.5, 0.6) is 5.75 Å². The first-order valence-electron chi connectivity index (χ1n) is 5.33. The quantitative estimate of drug-likeness (QED) is 0.677. The van der Waals surface area contributed by atoms with E-state index in [1.54, 1.807) is 18.4 Å². The molecule has 0 fully saturated rings. The number of nitrogens with zero attached hydrogens (tertiary/aromatic N) is 1. The zero-order valence-electron chi connectivity index (χ0n) is 9.38. The predicted octanol–water partition coefficient (Wildman–Crippen LogP) is 3.97. The number of aromatic nitrogens is 1. The van der Waals surface area contributed by atoms with Gasteiger partial charge in [0.15, 0.2) is 0 Å². The molecule has 0 aliphatic carbocycles. The number of fused-ring (bicyclic) bond motifs is 1. The van der Waals surface area contributed by atoms with Crippen LogP contribution in [-0.2, 0) is 0 Å². The van der Waals surface area contributed by atoms with Gasteiger partial charge in [0.25, 0.3) is 0 Å². The molecule has 3 aromatic rings. The minimum absolute atomic E-state index is 0.888. The Hall–Kier alpha value is -1.87. The topological polar surface area (TPSA) is 22.1 Å². The number of ether oxygens (including phenoxy) is 1. The first-order chi connectivity index (χ1) is 8.36. The Morgan fingerprint density at radius 1 is 1.06 bits per heavy atom. The molecule has 3 rings (SSSR count). The lowest BCUT2D eigenvalue weighted by molar-refractivity contribution is 0.415. The molecule has 84 valence electrons. The molecule has 0 bridgehead atoms. The van der Waals surface area contributed by atoms with Crippen molar-refractivity contribution in [3.05, 3.63) is 47.3 Å². The molecule has 17 heavy (non-hydrogen) atoms. The fourth-order valence-corrected chi connectivity index (χ4v) is 2.43. The van der Waals surface area contributed by atoms with E-state index in [0.29, 0.717) is 0 Å². The zero-order valence-corrected chi connectivity index (χ0v) is 10.2. The van der Waals surface area contributed by atoms with Crippen LogP contribution in [0.3, 0.4) is 0 Å². The molecular formula is C14H11NOS. The zero-order chi connectivity index (χ0) is 11.7. The van der Waals surface area contributed by atoms with Crippen LogP contribution in [0.2, 0.25) is 0 Å². The summed E-state index contributed by atoms with van der Waals surface area (Å²) in [6.45, 7) is 0. The SMILES string of the molecule is COc1ccc2cc(-c3cscn3)ccc2c1. The fourth-order valence-electron chi connectivity index (χ4n) is 1.87. The van der Waals surface area contributed by atoms with E-state index in [0.717, 1.165) is 17.0 Å². The Kier molecular flexibility index (Phi) is 2.53. The molecule has 0 aliphatic rings. The van der Waals surface area contributed by atoms with Gasteiger partial charge in [0.2, 0.25) is 0 Å². The van der Waals surface area contributed by atoms with Gasteiger partial charge >= 0.3 is 0 Å². The van der Waals surface area contributed by atoms with E-state index >= 15 is 0 Å². The lowest BCUT2D eigenvalue weighted by Gasteiger charge is -2.04. The van der Waals surface area contributed by atoms with Crippen molar-refractivity contribution in [1.82, 2.24) is 4.98 Å². The summed E-state index contributed by atoms with van der Waals surface area (Å²) in [6, 6.07) is 12.4. The second kappa shape index (κ2) is 4.18. The molecule has 1 heterocycles. The molecule has 0 N–H and O–H groups in total. The van der Waals surface area contributed by atoms with Crippen molar-refractivity contribution < 1.29 is 4.74 Å². The van der Waals surface area contributed by atoms with Crippen LogP contribution in [0.25, 0.3) is 22.0 Å². The number of rotatable bonds is 2. The maximum Gasteiger partial charge on any atom is 0.119 e. The standard InChI is InChI=1S/C14H11NOS/c1-16-13-5-4-10-6-12(3-2-11(10)7-13)14-8-17-9-15-14/h2-9H,1H3. The van der Waals surface area contributed by atoms with Crippen LogP contribution in [0.15, 0.2) is 47.3 Å². The summed E-state index contributed by atoms with van der Waals surface area (Å²) in [5.41, 5.74) is 4.05. The number of hydrogen-bond acceptors (Lipinski definition) is 3. The van der Waals surface area contributed by atoms with E-state index in [4.69, 9.17) is 4.74 Å². The fraction of sp³-hybridized carbons (Fsp3) is 0.0714. The van der Waals surface area contributed by atoms with Gasteiger partial charge in [0, 0.05) is 10.9 Å². The molecule has 2 nitrogen and oxygen atoms in total. The van der Waals surface area contributed by atoms with E-state index in [1.807, 2.05) is 17.6 Å². The summed E-state index contributed by atoms with van der Waals surface area (Å²) in [5.74, 6) is 0.888. The van der Waals surface area contributed by atoms with Crippen molar-refractivity contribution in [3.8, 4) is 17.0 Å². The van der Waals surface area contributed by atoms with Crippen molar-refractivity contribution in [2.24, 2.45) is 0 Å². The summed E-state index contributed by atoms with van der Waals surface area (Å²) in [7, 11) is 1.69. The Bertz CT molecular complexity index is 646. The summed E-state index contributed by atoms with van der Waals surface area (Å²) < 4.78 is 5.21. The number of hydrogen-bond donors (Lipinski definition) is 0.